The van der Waals surface area contributed by atoms with E-state index in [4.69, 9.17) is 9.47 Å². The second kappa shape index (κ2) is 13.4. The molecule has 0 saturated heterocycles. The summed E-state index contributed by atoms with van der Waals surface area (Å²) in [7, 11) is 1.55. The Morgan fingerprint density at radius 1 is 1.18 bits per heavy atom. The van der Waals surface area contributed by atoms with Crippen LogP contribution in [0.4, 0.5) is 0 Å². The highest BCUT2D eigenvalue weighted by Gasteiger charge is 2.24. The van der Waals surface area contributed by atoms with Crippen molar-refractivity contribution < 1.29 is 29.0 Å². The summed E-state index contributed by atoms with van der Waals surface area (Å²) in [5.41, 5.74) is 1.70. The summed E-state index contributed by atoms with van der Waals surface area (Å²) in [4.78, 5) is 44.2. The van der Waals surface area contributed by atoms with E-state index in [1.807, 2.05) is 53.2 Å². The van der Waals surface area contributed by atoms with Crippen molar-refractivity contribution in [3.8, 4) is 22.9 Å². The average Bonchev–Trinajstić information content (AvgIpc) is 3.42. The van der Waals surface area contributed by atoms with Gasteiger partial charge in [0.25, 0.3) is 0 Å². The standard InChI is InChI=1S/C28H33N5O6/c1-38-23-9-8-21-17-24(23)39-15-5-12-33(26(36)19-34)18-25(35)31-22(16-20-6-3-2-4-7-20)28(37)30-11-14-32-13-10-29-27(21)32/h2-4,6-10,13,17,22,34H,5,11-12,14-16,18-19H2,1H3,(H,30,37)(H,31,35)/t22-/m0/s1. The Labute approximate surface area is 226 Å². The lowest BCUT2D eigenvalue weighted by atomic mass is 10.1. The molecule has 3 amide bonds. The minimum atomic E-state index is -0.848. The minimum Gasteiger partial charge on any atom is -0.493 e. The van der Waals surface area contributed by atoms with Crippen LogP contribution in [0, 0.1) is 0 Å². The van der Waals surface area contributed by atoms with Crippen LogP contribution >= 0.6 is 0 Å². The number of carbonyl (C=O) groups excluding carboxylic acids is 3. The number of fused-ring (bicyclic) bond motifs is 4. The van der Waals surface area contributed by atoms with Gasteiger partial charge in [-0.2, -0.15) is 0 Å². The van der Waals surface area contributed by atoms with E-state index in [-0.39, 0.29) is 32.0 Å². The van der Waals surface area contributed by atoms with Crippen molar-refractivity contribution >= 4 is 17.7 Å². The summed E-state index contributed by atoms with van der Waals surface area (Å²) in [5, 5.41) is 15.1. The zero-order chi connectivity index (χ0) is 27.6. The molecule has 11 heteroatoms. The van der Waals surface area contributed by atoms with Gasteiger partial charge in [0, 0.05) is 44.0 Å². The number of nitrogens with zero attached hydrogens (tertiary/aromatic N) is 3. The fourth-order valence-corrected chi connectivity index (χ4v) is 4.40. The highest BCUT2D eigenvalue weighted by atomic mass is 16.5. The molecule has 1 aliphatic rings. The van der Waals surface area contributed by atoms with Gasteiger partial charge in [0.2, 0.25) is 17.7 Å². The van der Waals surface area contributed by atoms with Crippen molar-refractivity contribution in [1.82, 2.24) is 25.1 Å². The van der Waals surface area contributed by atoms with Gasteiger partial charge >= 0.3 is 0 Å². The van der Waals surface area contributed by atoms with Crippen molar-refractivity contribution in [2.24, 2.45) is 0 Å². The number of aromatic nitrogens is 2. The third-order valence-corrected chi connectivity index (χ3v) is 6.38. The van der Waals surface area contributed by atoms with Crippen molar-refractivity contribution in [2.45, 2.75) is 25.4 Å². The Bertz CT molecular complexity index is 1280. The van der Waals surface area contributed by atoms with Gasteiger partial charge in [-0.1, -0.05) is 30.3 Å². The third-order valence-electron chi connectivity index (χ3n) is 6.38. The number of carbonyl (C=O) groups is 3. The molecular formula is C28H33N5O6. The predicted octanol–water partition coefficient (Wildman–Crippen LogP) is 1.01. The molecule has 0 saturated carbocycles. The van der Waals surface area contributed by atoms with Gasteiger partial charge < -0.3 is 34.7 Å². The number of hydrogen-bond acceptors (Lipinski definition) is 7. The van der Waals surface area contributed by atoms with Crippen molar-refractivity contribution in [3.05, 3.63) is 66.5 Å². The lowest BCUT2D eigenvalue weighted by Crippen LogP contribution is -2.52. The van der Waals surface area contributed by atoms with E-state index >= 15 is 0 Å². The first-order valence-electron chi connectivity index (χ1n) is 12.8. The Morgan fingerprint density at radius 2 is 2.00 bits per heavy atom. The lowest BCUT2D eigenvalue weighted by molar-refractivity contribution is -0.139. The molecule has 39 heavy (non-hydrogen) atoms. The molecule has 2 aromatic carbocycles. The number of methoxy groups -OCH3 is 1. The number of nitrogens with one attached hydrogen (secondary N) is 2. The molecule has 0 fully saturated rings. The normalized spacial score (nSPS) is 17.1. The van der Waals surface area contributed by atoms with Crippen molar-refractivity contribution in [2.75, 3.05) is 40.0 Å². The van der Waals surface area contributed by atoms with Gasteiger partial charge in [-0.05, 0) is 30.2 Å². The van der Waals surface area contributed by atoms with Crippen LogP contribution < -0.4 is 20.1 Å². The smallest absolute Gasteiger partial charge is 0.248 e. The number of aliphatic hydroxyl groups excluding tert-OH is 1. The molecular weight excluding hydrogens is 502 g/mol. The fourth-order valence-electron chi connectivity index (χ4n) is 4.40. The van der Waals surface area contributed by atoms with Crippen LogP contribution in [-0.2, 0) is 27.3 Å². The van der Waals surface area contributed by atoms with E-state index < -0.39 is 24.5 Å². The van der Waals surface area contributed by atoms with Gasteiger partial charge in [-0.15, -0.1) is 0 Å². The molecule has 3 N–H and O–H groups in total. The van der Waals surface area contributed by atoms with E-state index in [1.54, 1.807) is 19.4 Å². The molecule has 1 aromatic heterocycles. The lowest BCUT2D eigenvalue weighted by Gasteiger charge is -2.24. The van der Waals surface area contributed by atoms with Crippen LogP contribution in [0.3, 0.4) is 0 Å². The monoisotopic (exact) mass is 535 g/mol. The average molecular weight is 536 g/mol. The first kappa shape index (κ1) is 27.6. The number of hydrogen-bond donors (Lipinski definition) is 3. The summed E-state index contributed by atoms with van der Waals surface area (Å²) >= 11 is 0. The second-order valence-corrected chi connectivity index (χ2v) is 9.09. The number of imidazole rings is 1. The number of amides is 3. The summed E-state index contributed by atoms with van der Waals surface area (Å²) in [5.74, 6) is 0.337. The quantitative estimate of drug-likeness (QED) is 0.454. The molecule has 0 unspecified atom stereocenters. The van der Waals surface area contributed by atoms with E-state index in [2.05, 4.69) is 15.6 Å². The van der Waals surface area contributed by atoms with Crippen LogP contribution in [0.15, 0.2) is 60.9 Å². The topological polar surface area (TPSA) is 135 Å². The Balaban J connectivity index is 1.60. The number of ether oxygens (including phenoxy) is 2. The molecule has 2 heterocycles. The van der Waals surface area contributed by atoms with Crippen LogP contribution in [-0.4, -0.2) is 83.3 Å². The van der Waals surface area contributed by atoms with E-state index in [0.717, 1.165) is 11.1 Å². The first-order valence-corrected chi connectivity index (χ1v) is 12.8. The highest BCUT2D eigenvalue weighted by Crippen LogP contribution is 2.32. The molecule has 11 nitrogen and oxygen atoms in total. The largest absolute Gasteiger partial charge is 0.493 e. The second-order valence-electron chi connectivity index (χ2n) is 9.09. The molecule has 3 aromatic rings. The summed E-state index contributed by atoms with van der Waals surface area (Å²) < 4.78 is 13.3. The molecule has 0 aliphatic carbocycles. The number of aliphatic hydroxyl groups is 1. The summed E-state index contributed by atoms with van der Waals surface area (Å²) in [6.45, 7) is 0.144. The van der Waals surface area contributed by atoms with E-state index in [9.17, 15) is 19.5 Å². The molecule has 206 valence electrons. The van der Waals surface area contributed by atoms with E-state index in [0.29, 0.717) is 36.8 Å². The van der Waals surface area contributed by atoms with Crippen LogP contribution in [0.1, 0.15) is 12.0 Å². The fraction of sp³-hybridized carbons (Fsp3) is 0.357. The molecule has 4 rings (SSSR count). The zero-order valence-electron chi connectivity index (χ0n) is 21.8. The molecule has 2 bridgehead atoms. The molecule has 0 spiro atoms. The zero-order valence-corrected chi connectivity index (χ0v) is 21.8. The van der Waals surface area contributed by atoms with Crippen LogP contribution in [0.5, 0.6) is 11.5 Å². The van der Waals surface area contributed by atoms with Gasteiger partial charge in [-0.25, -0.2) is 4.98 Å². The maximum Gasteiger partial charge on any atom is 0.248 e. The predicted molar refractivity (Wildman–Crippen MR) is 143 cm³/mol. The van der Waals surface area contributed by atoms with Gasteiger partial charge in [-0.3, -0.25) is 14.4 Å². The minimum absolute atomic E-state index is 0.175. The maximum absolute atomic E-state index is 13.2. The van der Waals surface area contributed by atoms with Crippen molar-refractivity contribution in [1.29, 1.82) is 0 Å². The Morgan fingerprint density at radius 3 is 2.77 bits per heavy atom. The van der Waals surface area contributed by atoms with Gasteiger partial charge in [0.1, 0.15) is 18.5 Å². The van der Waals surface area contributed by atoms with Crippen LogP contribution in [0.2, 0.25) is 0 Å². The highest BCUT2D eigenvalue weighted by molar-refractivity contribution is 5.90. The Kier molecular flexibility index (Phi) is 9.52. The molecule has 1 aliphatic heterocycles. The van der Waals surface area contributed by atoms with E-state index in [1.165, 1.54) is 4.90 Å². The maximum atomic E-state index is 13.2. The SMILES string of the molecule is COc1ccc2cc1OCCCN(C(=O)CO)CC(=O)N[C@@H](Cc1ccccc1)C(=O)NCCn1ccnc1-2. The first-order chi connectivity index (χ1) is 19.0. The van der Waals surface area contributed by atoms with Gasteiger partial charge in [0.05, 0.1) is 20.3 Å². The number of benzene rings is 2. The van der Waals surface area contributed by atoms with Gasteiger partial charge in [0.15, 0.2) is 11.5 Å². The third kappa shape index (κ3) is 7.35. The summed E-state index contributed by atoms with van der Waals surface area (Å²) in [6, 6.07) is 14.0. The summed E-state index contributed by atoms with van der Waals surface area (Å²) in [6.07, 6.45) is 4.20. The van der Waals surface area contributed by atoms with Crippen molar-refractivity contribution in [3.63, 3.8) is 0 Å². The molecule has 0 radical (unpaired) electrons. The molecule has 1 atom stereocenters. The Hall–Kier alpha value is -4.38. The number of rotatable bonds is 4. The van der Waals surface area contributed by atoms with Crippen LogP contribution in [0.25, 0.3) is 11.4 Å².